The third-order valence-electron chi connectivity index (χ3n) is 1.92. The maximum Gasteiger partial charge on any atom is 0.147 e. The van der Waals surface area contributed by atoms with E-state index in [0.29, 0.717) is 14.6 Å². The molecule has 2 aromatic rings. The molecule has 0 atom stereocenters. The fraction of sp³-hybridized carbons (Fsp3) is 0. The van der Waals surface area contributed by atoms with E-state index in [4.69, 9.17) is 11.5 Å². The minimum atomic E-state index is -0.385. The summed E-state index contributed by atoms with van der Waals surface area (Å²) in [5, 5.41) is 0. The van der Waals surface area contributed by atoms with E-state index in [1.165, 1.54) is 30.3 Å². The highest BCUT2D eigenvalue weighted by Gasteiger charge is 1.95. The third-order valence-corrected chi connectivity index (χ3v) is 3.11. The molecule has 96 valence electrons. The van der Waals surface area contributed by atoms with Crippen LogP contribution in [0.25, 0.3) is 0 Å². The second-order valence-corrected chi connectivity index (χ2v) is 5.10. The Morgan fingerprint density at radius 1 is 0.833 bits per heavy atom. The maximum atomic E-state index is 12.4. The van der Waals surface area contributed by atoms with Crippen molar-refractivity contribution in [1.29, 1.82) is 0 Å². The number of benzene rings is 2. The number of rotatable bonds is 0. The molecule has 0 heterocycles. The minimum absolute atomic E-state index is 0.179. The average molecular weight is 380 g/mol. The van der Waals surface area contributed by atoms with Crippen LogP contribution in [0, 0.1) is 11.6 Å². The van der Waals surface area contributed by atoms with Gasteiger partial charge in [0.15, 0.2) is 0 Å². The fourth-order valence-electron chi connectivity index (χ4n) is 1.00. The minimum Gasteiger partial charge on any atom is -0.398 e. The number of anilines is 2. The summed E-state index contributed by atoms with van der Waals surface area (Å²) in [5.41, 5.74) is 11.3. The van der Waals surface area contributed by atoms with Crippen molar-refractivity contribution in [2.24, 2.45) is 0 Å². The van der Waals surface area contributed by atoms with Crippen LogP contribution < -0.4 is 11.5 Å². The van der Waals surface area contributed by atoms with Gasteiger partial charge in [-0.1, -0.05) is 15.9 Å². The lowest BCUT2D eigenvalue weighted by atomic mass is 10.3. The molecule has 0 aromatic heterocycles. The summed E-state index contributed by atoms with van der Waals surface area (Å²) in [6.45, 7) is 0. The predicted molar refractivity (Wildman–Crippen MR) is 77.0 cm³/mol. The second kappa shape index (κ2) is 6.70. The zero-order valence-corrected chi connectivity index (χ0v) is 12.3. The molecule has 2 rings (SSSR count). The summed E-state index contributed by atoms with van der Waals surface area (Å²) < 4.78 is 26.0. The lowest BCUT2D eigenvalue weighted by Crippen LogP contribution is -1.88. The monoisotopic (exact) mass is 378 g/mol. The standard InChI is InChI=1S/2C6H5BrFN/c7-5-3-4(8)1-2-6(5)9;7-4-1-2-6(9)5(8)3-4/h2*1-3H,9H2. The highest BCUT2D eigenvalue weighted by atomic mass is 79.9. The number of nitrogen functional groups attached to an aromatic ring is 2. The van der Waals surface area contributed by atoms with Gasteiger partial charge in [0.1, 0.15) is 11.6 Å². The Morgan fingerprint density at radius 3 is 1.89 bits per heavy atom. The number of nitrogens with two attached hydrogens (primary N) is 2. The molecule has 0 aliphatic carbocycles. The first kappa shape index (κ1) is 14.9. The average Bonchev–Trinajstić information content (AvgIpc) is 2.30. The van der Waals surface area contributed by atoms with Gasteiger partial charge in [0.25, 0.3) is 0 Å². The normalized spacial score (nSPS) is 9.56. The Bertz CT molecular complexity index is 498. The van der Waals surface area contributed by atoms with E-state index >= 15 is 0 Å². The molecule has 0 saturated heterocycles. The molecule has 0 amide bonds. The first-order valence-electron chi connectivity index (χ1n) is 4.81. The molecular formula is C12H10Br2F2N2. The van der Waals surface area contributed by atoms with E-state index in [-0.39, 0.29) is 17.3 Å². The molecule has 0 saturated carbocycles. The quantitative estimate of drug-likeness (QED) is 0.669. The van der Waals surface area contributed by atoms with Crippen molar-refractivity contribution in [3.8, 4) is 0 Å². The molecule has 0 aliphatic rings. The van der Waals surface area contributed by atoms with E-state index in [9.17, 15) is 8.78 Å². The van der Waals surface area contributed by atoms with Gasteiger partial charge >= 0.3 is 0 Å². The SMILES string of the molecule is Nc1ccc(Br)cc1F.Nc1ccc(F)cc1Br. The van der Waals surface area contributed by atoms with Crippen LogP contribution in [-0.4, -0.2) is 0 Å². The van der Waals surface area contributed by atoms with Gasteiger partial charge in [0.2, 0.25) is 0 Å². The number of halogens is 4. The molecule has 0 radical (unpaired) electrons. The van der Waals surface area contributed by atoms with Crippen LogP contribution in [0.4, 0.5) is 20.2 Å². The first-order valence-corrected chi connectivity index (χ1v) is 6.40. The van der Waals surface area contributed by atoms with Gasteiger partial charge in [-0.2, -0.15) is 0 Å². The predicted octanol–water partition coefficient (Wildman–Crippen LogP) is 4.34. The van der Waals surface area contributed by atoms with Gasteiger partial charge in [-0.3, -0.25) is 0 Å². The fourth-order valence-corrected chi connectivity index (χ4v) is 1.69. The van der Waals surface area contributed by atoms with E-state index in [2.05, 4.69) is 31.9 Å². The lowest BCUT2D eigenvalue weighted by Gasteiger charge is -1.94. The van der Waals surface area contributed by atoms with Gasteiger partial charge in [-0.15, -0.1) is 0 Å². The molecule has 0 spiro atoms. The zero-order chi connectivity index (χ0) is 13.7. The van der Waals surface area contributed by atoms with Crippen molar-refractivity contribution in [3.63, 3.8) is 0 Å². The van der Waals surface area contributed by atoms with E-state index in [0.717, 1.165) is 0 Å². The molecule has 6 heteroatoms. The molecule has 2 nitrogen and oxygen atoms in total. The Kier molecular flexibility index (Phi) is 5.55. The van der Waals surface area contributed by atoms with Crippen molar-refractivity contribution < 1.29 is 8.78 Å². The molecule has 0 bridgehead atoms. The van der Waals surface area contributed by atoms with Gasteiger partial charge in [0.05, 0.1) is 5.69 Å². The Balaban J connectivity index is 0.000000180. The summed E-state index contributed by atoms with van der Waals surface area (Å²) in [7, 11) is 0. The van der Waals surface area contributed by atoms with Crippen molar-refractivity contribution in [3.05, 3.63) is 57.0 Å². The van der Waals surface area contributed by atoms with Crippen molar-refractivity contribution in [2.75, 3.05) is 11.5 Å². The van der Waals surface area contributed by atoms with Crippen LogP contribution >= 0.6 is 31.9 Å². The van der Waals surface area contributed by atoms with Crippen molar-refractivity contribution in [1.82, 2.24) is 0 Å². The highest BCUT2D eigenvalue weighted by molar-refractivity contribution is 9.10. The summed E-state index contributed by atoms with van der Waals surface area (Å²) in [6, 6.07) is 8.70. The van der Waals surface area contributed by atoms with Gasteiger partial charge in [-0.25, -0.2) is 8.78 Å². The Hall–Kier alpha value is -1.14. The second-order valence-electron chi connectivity index (χ2n) is 3.33. The number of hydrogen-bond acceptors (Lipinski definition) is 2. The highest BCUT2D eigenvalue weighted by Crippen LogP contribution is 2.19. The Morgan fingerprint density at radius 2 is 1.44 bits per heavy atom. The molecule has 0 unspecified atom stereocenters. The topological polar surface area (TPSA) is 52.0 Å². The lowest BCUT2D eigenvalue weighted by molar-refractivity contribution is 0.627. The third kappa shape index (κ3) is 4.62. The van der Waals surface area contributed by atoms with E-state index in [1.807, 2.05) is 0 Å². The summed E-state index contributed by atoms with van der Waals surface area (Å²) in [6.07, 6.45) is 0. The van der Waals surface area contributed by atoms with Crippen LogP contribution in [0.15, 0.2) is 45.3 Å². The largest absolute Gasteiger partial charge is 0.398 e. The molecule has 0 aliphatic heterocycles. The van der Waals surface area contributed by atoms with Crippen LogP contribution in [0.5, 0.6) is 0 Å². The molecule has 2 aromatic carbocycles. The van der Waals surface area contributed by atoms with E-state index in [1.54, 1.807) is 6.07 Å². The van der Waals surface area contributed by atoms with Gasteiger partial charge in [-0.05, 0) is 52.3 Å². The van der Waals surface area contributed by atoms with Crippen LogP contribution in [0.1, 0.15) is 0 Å². The van der Waals surface area contributed by atoms with Crippen molar-refractivity contribution >= 4 is 43.2 Å². The van der Waals surface area contributed by atoms with Crippen molar-refractivity contribution in [2.45, 2.75) is 0 Å². The molecule has 18 heavy (non-hydrogen) atoms. The number of hydrogen-bond donors (Lipinski definition) is 2. The molecular weight excluding hydrogens is 370 g/mol. The summed E-state index contributed by atoms with van der Waals surface area (Å²) in [5.74, 6) is -0.666. The van der Waals surface area contributed by atoms with Gasteiger partial charge < -0.3 is 11.5 Å². The maximum absolute atomic E-state index is 12.4. The zero-order valence-electron chi connectivity index (χ0n) is 9.13. The molecule has 0 fully saturated rings. The first-order chi connectivity index (χ1) is 8.40. The smallest absolute Gasteiger partial charge is 0.147 e. The van der Waals surface area contributed by atoms with Gasteiger partial charge in [0, 0.05) is 14.6 Å². The van der Waals surface area contributed by atoms with Crippen LogP contribution in [0.3, 0.4) is 0 Å². The summed E-state index contributed by atoms with van der Waals surface area (Å²) >= 11 is 6.18. The summed E-state index contributed by atoms with van der Waals surface area (Å²) in [4.78, 5) is 0. The molecule has 4 N–H and O–H groups in total. The van der Waals surface area contributed by atoms with Crippen LogP contribution in [-0.2, 0) is 0 Å². The van der Waals surface area contributed by atoms with E-state index < -0.39 is 0 Å². The Labute approximate surface area is 120 Å². The van der Waals surface area contributed by atoms with Crippen LogP contribution in [0.2, 0.25) is 0 Å².